The molecule has 0 saturated heterocycles. The Hall–Kier alpha value is -1.62. The molecule has 1 aliphatic carbocycles. The van der Waals surface area contributed by atoms with Gasteiger partial charge in [-0.2, -0.15) is 0 Å². The molecule has 5 heteroatoms. The number of amides is 1. The number of nitrogens with one attached hydrogen (secondary N) is 2. The zero-order valence-corrected chi connectivity index (χ0v) is 11.5. The Morgan fingerprint density at radius 3 is 2.95 bits per heavy atom. The van der Waals surface area contributed by atoms with Gasteiger partial charge in [0.05, 0.1) is 0 Å². The van der Waals surface area contributed by atoms with Crippen LogP contribution >= 0.6 is 0 Å². The molecule has 0 radical (unpaired) electrons. The Bertz CT molecular complexity index is 449. The summed E-state index contributed by atoms with van der Waals surface area (Å²) < 4.78 is 0. The second-order valence-electron chi connectivity index (χ2n) is 5.42. The Morgan fingerprint density at radius 2 is 2.21 bits per heavy atom. The van der Waals surface area contributed by atoms with Crippen LogP contribution < -0.4 is 16.6 Å². The monoisotopic (exact) mass is 262 g/mol. The van der Waals surface area contributed by atoms with E-state index in [-0.39, 0.29) is 11.9 Å². The minimum absolute atomic E-state index is 0.0511. The van der Waals surface area contributed by atoms with E-state index in [4.69, 9.17) is 5.84 Å². The predicted octanol–water partition coefficient (Wildman–Crippen LogP) is 1.92. The molecular formula is C14H22N4O. The van der Waals surface area contributed by atoms with Crippen LogP contribution in [0.2, 0.25) is 0 Å². The number of rotatable bonds is 3. The van der Waals surface area contributed by atoms with Crippen LogP contribution in [0.1, 0.15) is 43.5 Å². The van der Waals surface area contributed by atoms with Crippen molar-refractivity contribution < 1.29 is 4.79 Å². The molecule has 1 fully saturated rings. The first-order valence-electron chi connectivity index (χ1n) is 6.85. The first-order chi connectivity index (χ1) is 9.11. The number of carbonyl (C=O) groups is 1. The van der Waals surface area contributed by atoms with Gasteiger partial charge in [-0.05, 0) is 30.4 Å². The Balaban J connectivity index is 2.03. The second kappa shape index (κ2) is 6.02. The number of hydrazine groups is 1. The van der Waals surface area contributed by atoms with Gasteiger partial charge in [-0.3, -0.25) is 4.79 Å². The van der Waals surface area contributed by atoms with E-state index in [9.17, 15) is 4.79 Å². The van der Waals surface area contributed by atoms with Gasteiger partial charge in [0.15, 0.2) is 0 Å². The fourth-order valence-electron chi connectivity index (χ4n) is 2.69. The number of nitrogens with two attached hydrogens (primary N) is 1. The fourth-order valence-corrected chi connectivity index (χ4v) is 2.69. The van der Waals surface area contributed by atoms with Crippen molar-refractivity contribution in [2.45, 2.75) is 39.2 Å². The Morgan fingerprint density at radius 1 is 1.42 bits per heavy atom. The molecular weight excluding hydrogens is 240 g/mol. The SMILES string of the molecule is CC1CCCC(NC(=O)c2ccnc(NN)c2)C1C. The van der Waals surface area contributed by atoms with E-state index in [1.807, 2.05) is 0 Å². The van der Waals surface area contributed by atoms with Gasteiger partial charge in [0.2, 0.25) is 0 Å². The van der Waals surface area contributed by atoms with Crippen molar-refractivity contribution in [2.24, 2.45) is 17.7 Å². The maximum Gasteiger partial charge on any atom is 0.251 e. The van der Waals surface area contributed by atoms with Crippen LogP contribution in [0, 0.1) is 11.8 Å². The maximum absolute atomic E-state index is 12.2. The van der Waals surface area contributed by atoms with Crippen molar-refractivity contribution in [1.29, 1.82) is 0 Å². The van der Waals surface area contributed by atoms with Gasteiger partial charge in [-0.15, -0.1) is 0 Å². The molecule has 4 N–H and O–H groups in total. The van der Waals surface area contributed by atoms with Gasteiger partial charge in [-0.25, -0.2) is 10.8 Å². The topological polar surface area (TPSA) is 80.0 Å². The molecule has 1 aromatic rings. The van der Waals surface area contributed by atoms with Crippen LogP contribution in [0.5, 0.6) is 0 Å². The highest BCUT2D eigenvalue weighted by molar-refractivity contribution is 5.95. The molecule has 1 saturated carbocycles. The zero-order chi connectivity index (χ0) is 13.8. The summed E-state index contributed by atoms with van der Waals surface area (Å²) in [5.74, 6) is 6.93. The first kappa shape index (κ1) is 13.8. The van der Waals surface area contributed by atoms with Gasteiger partial charge in [-0.1, -0.05) is 26.7 Å². The number of nitrogen functional groups attached to an aromatic ring is 1. The third-order valence-corrected chi connectivity index (χ3v) is 4.19. The highest BCUT2D eigenvalue weighted by atomic mass is 16.1. The van der Waals surface area contributed by atoms with Crippen LogP contribution in [0.3, 0.4) is 0 Å². The second-order valence-corrected chi connectivity index (χ2v) is 5.42. The molecule has 3 unspecified atom stereocenters. The first-order valence-corrected chi connectivity index (χ1v) is 6.85. The summed E-state index contributed by atoms with van der Waals surface area (Å²) in [7, 11) is 0. The van der Waals surface area contributed by atoms with E-state index in [0.717, 1.165) is 6.42 Å². The van der Waals surface area contributed by atoms with E-state index < -0.39 is 0 Å². The summed E-state index contributed by atoms with van der Waals surface area (Å²) in [5, 5.41) is 3.13. The zero-order valence-electron chi connectivity index (χ0n) is 11.5. The van der Waals surface area contributed by atoms with E-state index in [1.165, 1.54) is 12.8 Å². The predicted molar refractivity (Wildman–Crippen MR) is 75.5 cm³/mol. The van der Waals surface area contributed by atoms with E-state index in [0.29, 0.717) is 23.2 Å². The molecule has 1 amide bonds. The standard InChI is InChI=1S/C14H22N4O/c1-9-4-3-5-12(10(9)2)17-14(19)11-6-7-16-13(8-11)18-15/h6-10,12H,3-5,15H2,1-2H3,(H,16,18)(H,17,19). The molecule has 1 heterocycles. The lowest BCUT2D eigenvalue weighted by Crippen LogP contribution is -2.43. The number of aromatic nitrogens is 1. The lowest BCUT2D eigenvalue weighted by Gasteiger charge is -2.34. The number of pyridine rings is 1. The molecule has 0 spiro atoms. The number of carbonyl (C=O) groups excluding carboxylic acids is 1. The molecule has 19 heavy (non-hydrogen) atoms. The molecule has 104 valence electrons. The van der Waals surface area contributed by atoms with Crippen molar-refractivity contribution in [1.82, 2.24) is 10.3 Å². The minimum Gasteiger partial charge on any atom is -0.349 e. The van der Waals surface area contributed by atoms with Crippen LogP contribution in [0.15, 0.2) is 18.3 Å². The van der Waals surface area contributed by atoms with E-state index >= 15 is 0 Å². The van der Waals surface area contributed by atoms with Crippen molar-refractivity contribution >= 4 is 11.7 Å². The molecule has 0 aromatic carbocycles. The fraction of sp³-hybridized carbons (Fsp3) is 0.571. The smallest absolute Gasteiger partial charge is 0.251 e. The lowest BCUT2D eigenvalue weighted by molar-refractivity contribution is 0.0891. The summed E-state index contributed by atoms with van der Waals surface area (Å²) >= 11 is 0. The van der Waals surface area contributed by atoms with Crippen molar-refractivity contribution in [3.05, 3.63) is 23.9 Å². The number of anilines is 1. The Kier molecular flexibility index (Phi) is 4.37. The normalized spacial score (nSPS) is 26.8. The van der Waals surface area contributed by atoms with Gasteiger partial charge >= 0.3 is 0 Å². The lowest BCUT2D eigenvalue weighted by atomic mass is 9.78. The average Bonchev–Trinajstić information content (AvgIpc) is 2.44. The van der Waals surface area contributed by atoms with Gasteiger partial charge in [0, 0.05) is 17.8 Å². The van der Waals surface area contributed by atoms with Crippen molar-refractivity contribution in [3.63, 3.8) is 0 Å². The summed E-state index contributed by atoms with van der Waals surface area (Å²) in [6, 6.07) is 3.62. The van der Waals surface area contributed by atoms with Crippen LogP contribution in [-0.4, -0.2) is 16.9 Å². The molecule has 0 aliphatic heterocycles. The largest absolute Gasteiger partial charge is 0.349 e. The van der Waals surface area contributed by atoms with Crippen LogP contribution in [0.4, 0.5) is 5.82 Å². The van der Waals surface area contributed by atoms with Gasteiger partial charge in [0.25, 0.3) is 5.91 Å². The summed E-state index contributed by atoms with van der Waals surface area (Å²) in [6.07, 6.45) is 5.08. The molecule has 1 aliphatic rings. The van der Waals surface area contributed by atoms with Crippen molar-refractivity contribution in [3.8, 4) is 0 Å². The van der Waals surface area contributed by atoms with Gasteiger partial charge < -0.3 is 10.7 Å². The van der Waals surface area contributed by atoms with Crippen LogP contribution in [-0.2, 0) is 0 Å². The minimum atomic E-state index is -0.0511. The highest BCUT2D eigenvalue weighted by Crippen LogP contribution is 2.29. The quantitative estimate of drug-likeness (QED) is 0.574. The average molecular weight is 262 g/mol. The third kappa shape index (κ3) is 3.23. The van der Waals surface area contributed by atoms with Crippen LogP contribution in [0.25, 0.3) is 0 Å². The number of nitrogens with zero attached hydrogens (tertiary/aromatic N) is 1. The Labute approximate surface area is 114 Å². The molecule has 2 rings (SSSR count). The molecule has 3 atom stereocenters. The van der Waals surface area contributed by atoms with Crippen molar-refractivity contribution in [2.75, 3.05) is 5.43 Å². The highest BCUT2D eigenvalue weighted by Gasteiger charge is 2.28. The van der Waals surface area contributed by atoms with E-state index in [1.54, 1.807) is 18.3 Å². The van der Waals surface area contributed by atoms with E-state index in [2.05, 4.69) is 29.6 Å². The summed E-state index contributed by atoms with van der Waals surface area (Å²) in [6.45, 7) is 4.47. The third-order valence-electron chi connectivity index (χ3n) is 4.19. The number of hydrogen-bond acceptors (Lipinski definition) is 4. The number of hydrogen-bond donors (Lipinski definition) is 3. The molecule has 1 aromatic heterocycles. The molecule has 5 nitrogen and oxygen atoms in total. The summed E-state index contributed by atoms with van der Waals surface area (Å²) in [4.78, 5) is 16.2. The van der Waals surface area contributed by atoms with Gasteiger partial charge in [0.1, 0.15) is 5.82 Å². The molecule has 0 bridgehead atoms. The maximum atomic E-state index is 12.2. The summed E-state index contributed by atoms with van der Waals surface area (Å²) in [5.41, 5.74) is 3.04.